The summed E-state index contributed by atoms with van der Waals surface area (Å²) in [5, 5.41) is 0.179. The molecule has 0 bridgehead atoms. The fourth-order valence-electron chi connectivity index (χ4n) is 1.31. The van der Waals surface area contributed by atoms with Gasteiger partial charge in [-0.2, -0.15) is 13.2 Å². The summed E-state index contributed by atoms with van der Waals surface area (Å²) in [6.45, 7) is 2.30. The van der Waals surface area contributed by atoms with Crippen LogP contribution in [0.15, 0.2) is 6.07 Å². The number of alkyl halides is 3. The van der Waals surface area contributed by atoms with Crippen molar-refractivity contribution in [2.24, 2.45) is 0 Å². The van der Waals surface area contributed by atoms with Crippen molar-refractivity contribution in [3.05, 3.63) is 17.0 Å². The van der Waals surface area contributed by atoms with Crippen LogP contribution in [0.5, 0.6) is 0 Å². The number of anilines is 1. The van der Waals surface area contributed by atoms with E-state index in [1.165, 1.54) is 18.0 Å². The lowest BCUT2D eigenvalue weighted by molar-refractivity contribution is -0.132. The zero-order valence-electron chi connectivity index (χ0n) is 10.7. The van der Waals surface area contributed by atoms with Crippen LogP contribution in [0.2, 0.25) is 5.15 Å². The normalized spacial score (nSPS) is 11.7. The van der Waals surface area contributed by atoms with Gasteiger partial charge >= 0.3 is 6.18 Å². The lowest BCUT2D eigenvalue weighted by atomic mass is 10.4. The number of ether oxygens (including phenoxy) is 1. The quantitative estimate of drug-likeness (QED) is 0.757. The first-order valence-electron chi connectivity index (χ1n) is 5.71. The molecule has 0 aliphatic heterocycles. The van der Waals surface area contributed by atoms with Crippen molar-refractivity contribution >= 4 is 17.4 Å². The Bertz CT molecular complexity index is 415. The average molecular weight is 298 g/mol. The molecule has 0 unspecified atom stereocenters. The molecule has 0 spiro atoms. The molecule has 0 aliphatic rings. The predicted molar refractivity (Wildman–Crippen MR) is 66.3 cm³/mol. The molecular formula is C11H15ClF3N3O. The molecule has 0 saturated carbocycles. The van der Waals surface area contributed by atoms with E-state index in [1.807, 2.05) is 6.92 Å². The second-order valence-electron chi connectivity index (χ2n) is 3.89. The summed E-state index contributed by atoms with van der Waals surface area (Å²) in [5.41, 5.74) is 0. The van der Waals surface area contributed by atoms with Gasteiger partial charge in [0.1, 0.15) is 17.6 Å². The highest BCUT2D eigenvalue weighted by Gasteiger charge is 2.27. The minimum Gasteiger partial charge on any atom is -0.374 e. The average Bonchev–Trinajstić information content (AvgIpc) is 2.31. The molecule has 108 valence electrons. The third-order valence-electron chi connectivity index (χ3n) is 2.28. The Hall–Kier alpha value is -1.08. The monoisotopic (exact) mass is 297 g/mol. The summed E-state index contributed by atoms with van der Waals surface area (Å²) < 4.78 is 41.6. The van der Waals surface area contributed by atoms with Gasteiger partial charge in [-0.1, -0.05) is 11.6 Å². The summed E-state index contributed by atoms with van der Waals surface area (Å²) in [6, 6.07) is 1.42. The van der Waals surface area contributed by atoms with Crippen molar-refractivity contribution in [2.45, 2.75) is 26.1 Å². The van der Waals surface area contributed by atoms with Gasteiger partial charge in [0, 0.05) is 26.3 Å². The third kappa shape index (κ3) is 6.07. The van der Waals surface area contributed by atoms with E-state index in [0.29, 0.717) is 18.2 Å². The van der Waals surface area contributed by atoms with Crippen molar-refractivity contribution in [3.8, 4) is 0 Å². The van der Waals surface area contributed by atoms with E-state index in [4.69, 9.17) is 16.3 Å². The Morgan fingerprint density at radius 2 is 2.05 bits per heavy atom. The van der Waals surface area contributed by atoms with Crippen molar-refractivity contribution in [1.29, 1.82) is 0 Å². The molecule has 1 heterocycles. The molecular weight excluding hydrogens is 283 g/mol. The maximum absolute atomic E-state index is 12.2. The Labute approximate surface area is 114 Å². The number of aromatic nitrogens is 2. The minimum absolute atomic E-state index is 0.178. The van der Waals surface area contributed by atoms with E-state index < -0.39 is 12.6 Å². The van der Waals surface area contributed by atoms with Gasteiger partial charge in [0.05, 0.1) is 6.42 Å². The molecule has 19 heavy (non-hydrogen) atoms. The summed E-state index contributed by atoms with van der Waals surface area (Å²) in [7, 11) is 1.52. The second-order valence-corrected chi connectivity index (χ2v) is 4.28. The van der Waals surface area contributed by atoms with Gasteiger partial charge in [0.25, 0.3) is 0 Å². The highest BCUT2D eigenvalue weighted by molar-refractivity contribution is 6.29. The Morgan fingerprint density at radius 3 is 2.63 bits per heavy atom. The van der Waals surface area contributed by atoms with Gasteiger partial charge in [0.2, 0.25) is 0 Å². The van der Waals surface area contributed by atoms with Gasteiger partial charge < -0.3 is 9.64 Å². The zero-order valence-corrected chi connectivity index (χ0v) is 11.4. The molecule has 4 nitrogen and oxygen atoms in total. The molecule has 0 aromatic carbocycles. The first-order chi connectivity index (χ1) is 8.81. The molecule has 0 saturated heterocycles. The number of halogens is 4. The molecule has 1 aromatic rings. The highest BCUT2D eigenvalue weighted by Crippen LogP contribution is 2.22. The van der Waals surface area contributed by atoms with Crippen molar-refractivity contribution in [1.82, 2.24) is 9.97 Å². The summed E-state index contributed by atoms with van der Waals surface area (Å²) in [6.07, 6.45) is -5.11. The van der Waals surface area contributed by atoms with Gasteiger partial charge in [-0.05, 0) is 6.92 Å². The van der Waals surface area contributed by atoms with Crippen LogP contribution in [0.1, 0.15) is 19.2 Å². The fraction of sp³-hybridized carbons (Fsp3) is 0.636. The highest BCUT2D eigenvalue weighted by atomic mass is 35.5. The van der Waals surface area contributed by atoms with Crippen molar-refractivity contribution < 1.29 is 17.9 Å². The lowest BCUT2D eigenvalue weighted by Crippen LogP contribution is -2.25. The molecule has 0 atom stereocenters. The summed E-state index contributed by atoms with van der Waals surface area (Å²) in [4.78, 5) is 9.44. The summed E-state index contributed by atoms with van der Waals surface area (Å²) in [5.74, 6) is 0.696. The molecule has 0 fully saturated rings. The maximum Gasteiger partial charge on any atom is 0.390 e. The number of hydrogen-bond donors (Lipinski definition) is 0. The van der Waals surface area contributed by atoms with Crippen LogP contribution < -0.4 is 4.90 Å². The number of hydrogen-bond acceptors (Lipinski definition) is 4. The fourth-order valence-corrected chi connectivity index (χ4v) is 1.51. The van der Waals surface area contributed by atoms with E-state index in [1.54, 1.807) is 0 Å². The maximum atomic E-state index is 12.2. The molecule has 8 heteroatoms. The molecule has 0 aliphatic carbocycles. The standard InChI is InChI=1S/C11H15ClF3N3O/c1-3-19-7-9-16-8(12)6-10(17-9)18(2)5-4-11(13,14)15/h6H,3-5,7H2,1-2H3. The molecule has 1 aromatic heterocycles. The number of rotatable bonds is 6. The smallest absolute Gasteiger partial charge is 0.374 e. The second kappa shape index (κ2) is 6.91. The van der Waals surface area contributed by atoms with E-state index in [9.17, 15) is 13.2 Å². The first kappa shape index (κ1) is 16.0. The Morgan fingerprint density at radius 1 is 1.37 bits per heavy atom. The SMILES string of the molecule is CCOCc1nc(Cl)cc(N(C)CCC(F)(F)F)n1. The van der Waals surface area contributed by atoms with Crippen LogP contribution in [0.3, 0.4) is 0 Å². The van der Waals surface area contributed by atoms with Crippen molar-refractivity contribution in [2.75, 3.05) is 25.1 Å². The van der Waals surface area contributed by atoms with Gasteiger partial charge in [0.15, 0.2) is 5.82 Å². The predicted octanol–water partition coefficient (Wildman–Crippen LogP) is 3.06. The zero-order chi connectivity index (χ0) is 14.5. The van der Waals surface area contributed by atoms with Crippen LogP contribution in [-0.2, 0) is 11.3 Å². The Balaban J connectivity index is 2.73. The minimum atomic E-state index is -4.20. The van der Waals surface area contributed by atoms with E-state index >= 15 is 0 Å². The molecule has 0 amide bonds. The third-order valence-corrected chi connectivity index (χ3v) is 2.48. The Kier molecular flexibility index (Phi) is 5.81. The first-order valence-corrected chi connectivity index (χ1v) is 6.08. The van der Waals surface area contributed by atoms with Crippen molar-refractivity contribution in [3.63, 3.8) is 0 Å². The van der Waals surface area contributed by atoms with Crippen LogP contribution in [0.25, 0.3) is 0 Å². The number of nitrogens with zero attached hydrogens (tertiary/aromatic N) is 3. The van der Waals surface area contributed by atoms with Gasteiger partial charge in [-0.25, -0.2) is 9.97 Å². The van der Waals surface area contributed by atoms with E-state index in [0.717, 1.165) is 0 Å². The molecule has 1 rings (SSSR count). The molecule has 0 radical (unpaired) electrons. The topological polar surface area (TPSA) is 38.2 Å². The molecule has 0 N–H and O–H groups in total. The van der Waals surface area contributed by atoms with E-state index in [-0.39, 0.29) is 18.3 Å². The van der Waals surface area contributed by atoms with E-state index in [2.05, 4.69) is 9.97 Å². The van der Waals surface area contributed by atoms with Crippen LogP contribution in [0.4, 0.5) is 19.0 Å². The largest absolute Gasteiger partial charge is 0.390 e. The van der Waals surface area contributed by atoms with Gasteiger partial charge in [-0.3, -0.25) is 0 Å². The van der Waals surface area contributed by atoms with Crippen LogP contribution >= 0.6 is 11.6 Å². The van der Waals surface area contributed by atoms with Gasteiger partial charge in [-0.15, -0.1) is 0 Å². The summed E-state index contributed by atoms with van der Waals surface area (Å²) >= 11 is 5.81. The lowest BCUT2D eigenvalue weighted by Gasteiger charge is -2.19. The van der Waals surface area contributed by atoms with Crippen LogP contribution in [-0.4, -0.2) is 36.3 Å². The van der Waals surface area contributed by atoms with Crippen LogP contribution in [0, 0.1) is 0 Å².